The third-order valence-electron chi connectivity index (χ3n) is 2.48. The number of aromatic nitrogens is 2. The maximum absolute atomic E-state index is 5.97. The van der Waals surface area contributed by atoms with Gasteiger partial charge in [0.05, 0.1) is 14.9 Å². The zero-order valence-electron chi connectivity index (χ0n) is 10.9. The van der Waals surface area contributed by atoms with E-state index in [1.165, 1.54) is 11.3 Å². The topological polar surface area (TPSA) is 37.8 Å². The molecule has 0 radical (unpaired) electrons. The molecule has 0 aliphatic rings. The number of halogens is 1. The minimum absolute atomic E-state index is 0.0807. The Labute approximate surface area is 116 Å². The van der Waals surface area contributed by atoms with Crippen molar-refractivity contribution in [3.63, 3.8) is 0 Å². The van der Waals surface area contributed by atoms with Crippen LogP contribution >= 0.6 is 22.9 Å². The Morgan fingerprint density at radius 3 is 2.44 bits per heavy atom. The molecular weight excluding hydrogens is 266 g/mol. The van der Waals surface area contributed by atoms with Gasteiger partial charge in [-0.25, -0.2) is 9.97 Å². The molecule has 0 amide bonds. The summed E-state index contributed by atoms with van der Waals surface area (Å²) in [6.07, 6.45) is 0. The maximum atomic E-state index is 5.97. The summed E-state index contributed by atoms with van der Waals surface area (Å²) in [5.74, 6) is 1.66. The zero-order chi connectivity index (χ0) is 13.3. The van der Waals surface area contributed by atoms with Crippen LogP contribution in [-0.4, -0.2) is 17.0 Å². The summed E-state index contributed by atoms with van der Waals surface area (Å²) >= 11 is 7.50. The van der Waals surface area contributed by atoms with E-state index in [0.29, 0.717) is 0 Å². The quantitative estimate of drug-likeness (QED) is 0.896. The molecule has 0 unspecified atom stereocenters. The van der Waals surface area contributed by atoms with Gasteiger partial charge in [0.1, 0.15) is 11.6 Å². The van der Waals surface area contributed by atoms with Gasteiger partial charge in [-0.1, -0.05) is 32.4 Å². The smallest absolute Gasteiger partial charge is 0.136 e. The largest absolute Gasteiger partial charge is 0.373 e. The first-order valence-electron chi connectivity index (χ1n) is 5.73. The van der Waals surface area contributed by atoms with E-state index in [2.05, 4.69) is 36.1 Å². The predicted octanol–water partition coefficient (Wildman–Crippen LogP) is 4.20. The Hall–Kier alpha value is -1.13. The van der Waals surface area contributed by atoms with E-state index < -0.39 is 0 Å². The Morgan fingerprint density at radius 2 is 1.94 bits per heavy atom. The van der Waals surface area contributed by atoms with Gasteiger partial charge in [0.25, 0.3) is 0 Å². The number of hydrogen-bond donors (Lipinski definition) is 1. The molecule has 2 aromatic heterocycles. The molecule has 2 heterocycles. The fraction of sp³-hybridized carbons (Fsp3) is 0.385. The highest BCUT2D eigenvalue weighted by Crippen LogP contribution is 2.32. The van der Waals surface area contributed by atoms with Crippen molar-refractivity contribution in [3.05, 3.63) is 28.4 Å². The van der Waals surface area contributed by atoms with Crippen LogP contribution in [0, 0.1) is 0 Å². The second-order valence-electron chi connectivity index (χ2n) is 5.07. The van der Waals surface area contributed by atoms with Gasteiger partial charge in [-0.15, -0.1) is 11.3 Å². The van der Waals surface area contributed by atoms with E-state index in [1.54, 1.807) is 0 Å². The van der Waals surface area contributed by atoms with Crippen LogP contribution in [0.25, 0.3) is 10.6 Å². The van der Waals surface area contributed by atoms with Gasteiger partial charge in [0.15, 0.2) is 0 Å². The molecule has 3 nitrogen and oxygen atoms in total. The van der Waals surface area contributed by atoms with Crippen LogP contribution in [0.2, 0.25) is 4.34 Å². The summed E-state index contributed by atoms with van der Waals surface area (Å²) in [5, 5.41) is 3.08. The SMILES string of the molecule is CNc1cc(-c2ccc(Cl)s2)nc(C(C)(C)C)n1. The Balaban J connectivity index is 2.54. The van der Waals surface area contributed by atoms with Crippen LogP contribution < -0.4 is 5.32 Å². The second-order valence-corrected chi connectivity index (χ2v) is 6.78. The van der Waals surface area contributed by atoms with Crippen LogP contribution in [0.15, 0.2) is 18.2 Å². The summed E-state index contributed by atoms with van der Waals surface area (Å²) in [6.45, 7) is 6.31. The lowest BCUT2D eigenvalue weighted by molar-refractivity contribution is 0.547. The Morgan fingerprint density at radius 1 is 1.22 bits per heavy atom. The van der Waals surface area contributed by atoms with Crippen molar-refractivity contribution in [2.45, 2.75) is 26.2 Å². The molecule has 0 aliphatic heterocycles. The number of thiophene rings is 1. The van der Waals surface area contributed by atoms with E-state index in [-0.39, 0.29) is 5.41 Å². The third kappa shape index (κ3) is 2.82. The molecule has 0 saturated heterocycles. The van der Waals surface area contributed by atoms with Crippen LogP contribution in [0.5, 0.6) is 0 Å². The highest BCUT2D eigenvalue weighted by Gasteiger charge is 2.19. The molecule has 0 spiro atoms. The predicted molar refractivity (Wildman–Crippen MR) is 78.6 cm³/mol. The van der Waals surface area contributed by atoms with Gasteiger partial charge < -0.3 is 5.32 Å². The highest BCUT2D eigenvalue weighted by atomic mass is 35.5. The number of nitrogens with one attached hydrogen (secondary N) is 1. The summed E-state index contributed by atoms with van der Waals surface area (Å²) in [5.41, 5.74) is 0.832. The highest BCUT2D eigenvalue weighted by molar-refractivity contribution is 7.19. The van der Waals surface area contributed by atoms with Crippen molar-refractivity contribution < 1.29 is 0 Å². The van der Waals surface area contributed by atoms with E-state index in [1.807, 2.05) is 25.2 Å². The van der Waals surface area contributed by atoms with E-state index in [9.17, 15) is 0 Å². The molecular formula is C13H16ClN3S. The zero-order valence-corrected chi connectivity index (χ0v) is 12.5. The minimum Gasteiger partial charge on any atom is -0.373 e. The van der Waals surface area contributed by atoms with Gasteiger partial charge in [-0.2, -0.15) is 0 Å². The van der Waals surface area contributed by atoms with E-state index in [4.69, 9.17) is 11.6 Å². The third-order valence-corrected chi connectivity index (χ3v) is 3.73. The van der Waals surface area contributed by atoms with Gasteiger partial charge in [0.2, 0.25) is 0 Å². The van der Waals surface area contributed by atoms with Crippen LogP contribution in [0.1, 0.15) is 26.6 Å². The van der Waals surface area contributed by atoms with Gasteiger partial charge >= 0.3 is 0 Å². The minimum atomic E-state index is -0.0807. The standard InChI is InChI=1S/C13H16ClN3S/c1-13(2,3)12-16-8(7-11(15-4)17-12)9-5-6-10(14)18-9/h5-7H,1-4H3,(H,15,16,17). The molecule has 0 saturated carbocycles. The lowest BCUT2D eigenvalue weighted by Gasteiger charge is -2.18. The van der Waals surface area contributed by atoms with Crippen LogP contribution in [0.3, 0.4) is 0 Å². The molecule has 5 heteroatoms. The van der Waals surface area contributed by atoms with Crippen molar-refractivity contribution in [3.8, 4) is 10.6 Å². The first-order valence-corrected chi connectivity index (χ1v) is 6.92. The maximum Gasteiger partial charge on any atom is 0.136 e. The Kier molecular flexibility index (Phi) is 3.59. The second kappa shape index (κ2) is 4.86. The first-order chi connectivity index (χ1) is 8.40. The number of hydrogen-bond acceptors (Lipinski definition) is 4. The molecule has 0 bridgehead atoms. The first kappa shape index (κ1) is 13.3. The van der Waals surface area contributed by atoms with Crippen LogP contribution in [-0.2, 0) is 5.41 Å². The molecule has 2 aromatic rings. The molecule has 0 aromatic carbocycles. The van der Waals surface area contributed by atoms with Gasteiger partial charge in [-0.3, -0.25) is 0 Å². The number of anilines is 1. The van der Waals surface area contributed by atoms with E-state index in [0.717, 1.165) is 26.5 Å². The lowest BCUT2D eigenvalue weighted by atomic mass is 9.95. The summed E-state index contributed by atoms with van der Waals surface area (Å²) in [6, 6.07) is 5.82. The monoisotopic (exact) mass is 281 g/mol. The van der Waals surface area contributed by atoms with Crippen molar-refractivity contribution in [1.29, 1.82) is 0 Å². The average Bonchev–Trinajstić information content (AvgIpc) is 2.74. The molecule has 1 N–H and O–H groups in total. The molecule has 2 rings (SSSR count). The fourth-order valence-electron chi connectivity index (χ4n) is 1.49. The van der Waals surface area contributed by atoms with Gasteiger partial charge in [-0.05, 0) is 12.1 Å². The average molecular weight is 282 g/mol. The van der Waals surface area contributed by atoms with Crippen LogP contribution in [0.4, 0.5) is 5.82 Å². The van der Waals surface area contributed by atoms with E-state index >= 15 is 0 Å². The summed E-state index contributed by atoms with van der Waals surface area (Å²) in [7, 11) is 1.86. The molecule has 0 atom stereocenters. The fourth-order valence-corrected chi connectivity index (χ4v) is 2.49. The summed E-state index contributed by atoms with van der Waals surface area (Å²) < 4.78 is 0.770. The summed E-state index contributed by atoms with van der Waals surface area (Å²) in [4.78, 5) is 10.2. The van der Waals surface area contributed by atoms with Crippen molar-refractivity contribution in [2.75, 3.05) is 12.4 Å². The number of nitrogens with zero attached hydrogens (tertiary/aromatic N) is 2. The van der Waals surface area contributed by atoms with Crippen molar-refractivity contribution >= 4 is 28.8 Å². The molecule has 18 heavy (non-hydrogen) atoms. The van der Waals surface area contributed by atoms with Gasteiger partial charge in [0, 0.05) is 18.5 Å². The molecule has 0 fully saturated rings. The molecule has 0 aliphatic carbocycles. The lowest BCUT2D eigenvalue weighted by Crippen LogP contribution is -2.17. The Bertz CT molecular complexity index is 558. The molecule has 96 valence electrons. The van der Waals surface area contributed by atoms with Crippen molar-refractivity contribution in [2.24, 2.45) is 0 Å². The van der Waals surface area contributed by atoms with Crippen molar-refractivity contribution in [1.82, 2.24) is 9.97 Å². The number of rotatable bonds is 2. The normalized spacial score (nSPS) is 11.6.